The number of hydrogen-bond acceptors (Lipinski definition) is 6. The van der Waals surface area contributed by atoms with Crippen LogP contribution in [0.1, 0.15) is 55.3 Å². The summed E-state index contributed by atoms with van der Waals surface area (Å²) in [7, 11) is 0. The highest BCUT2D eigenvalue weighted by Gasteiger charge is 2.28. The van der Waals surface area contributed by atoms with Crippen LogP contribution >= 0.6 is 0 Å². The van der Waals surface area contributed by atoms with Gasteiger partial charge in [0.15, 0.2) is 5.82 Å². The summed E-state index contributed by atoms with van der Waals surface area (Å²) in [4.78, 5) is 6.67. The van der Waals surface area contributed by atoms with Gasteiger partial charge >= 0.3 is 0 Å². The van der Waals surface area contributed by atoms with E-state index in [1.54, 1.807) is 0 Å². The van der Waals surface area contributed by atoms with Gasteiger partial charge in [-0.1, -0.05) is 29.4 Å². The second-order valence-electron chi connectivity index (χ2n) is 6.09. The molecule has 6 heteroatoms. The molecular weight excluding hydrogens is 306 g/mol. The van der Waals surface area contributed by atoms with Crippen molar-refractivity contribution in [1.29, 1.82) is 0 Å². The minimum absolute atomic E-state index is 0.106. The summed E-state index contributed by atoms with van der Waals surface area (Å²) < 4.78 is 10.9. The average molecular weight is 331 g/mol. The van der Waals surface area contributed by atoms with E-state index < -0.39 is 0 Å². The largest absolute Gasteiger partial charge is 0.395 e. The minimum Gasteiger partial charge on any atom is -0.395 e. The fourth-order valence-corrected chi connectivity index (χ4v) is 3.38. The molecule has 2 atom stereocenters. The maximum Gasteiger partial charge on any atom is 0.240 e. The average Bonchev–Trinajstić information content (AvgIpc) is 3.21. The van der Waals surface area contributed by atoms with Gasteiger partial charge in [0.25, 0.3) is 0 Å². The van der Waals surface area contributed by atoms with Crippen LogP contribution < -0.4 is 0 Å². The second-order valence-corrected chi connectivity index (χ2v) is 6.09. The topological polar surface area (TPSA) is 71.6 Å². The number of ether oxygens (including phenoxy) is 1. The Kier molecular flexibility index (Phi) is 5.60. The first-order valence-electron chi connectivity index (χ1n) is 8.59. The lowest BCUT2D eigenvalue weighted by Crippen LogP contribution is -2.30. The third-order valence-corrected chi connectivity index (χ3v) is 4.53. The standard InChI is InChI=1S/C18H25N3O3/c1-3-23-13(2)18-19-17(24-20-18)12-21(10-11-22)16-9-8-14-6-4-5-7-15(14)16/h4-7,13,16,22H,3,8-12H2,1-2H3. The molecule has 1 heterocycles. The van der Waals surface area contributed by atoms with Gasteiger partial charge in [-0.25, -0.2) is 0 Å². The number of benzene rings is 1. The van der Waals surface area contributed by atoms with E-state index in [-0.39, 0.29) is 18.8 Å². The van der Waals surface area contributed by atoms with E-state index in [1.165, 1.54) is 11.1 Å². The van der Waals surface area contributed by atoms with Crippen LogP contribution in [0.5, 0.6) is 0 Å². The third-order valence-electron chi connectivity index (χ3n) is 4.53. The van der Waals surface area contributed by atoms with Gasteiger partial charge in [-0.3, -0.25) is 4.90 Å². The van der Waals surface area contributed by atoms with Crippen LogP contribution in [0.4, 0.5) is 0 Å². The Hall–Kier alpha value is -1.76. The van der Waals surface area contributed by atoms with Crippen LogP contribution in [0.3, 0.4) is 0 Å². The Balaban J connectivity index is 1.73. The van der Waals surface area contributed by atoms with Gasteiger partial charge in [-0.15, -0.1) is 0 Å². The van der Waals surface area contributed by atoms with E-state index in [4.69, 9.17) is 9.26 Å². The molecule has 1 aromatic heterocycles. The Bertz CT molecular complexity index is 658. The van der Waals surface area contributed by atoms with E-state index in [9.17, 15) is 5.11 Å². The molecule has 1 aliphatic carbocycles. The molecule has 1 N–H and O–H groups in total. The van der Waals surface area contributed by atoms with E-state index in [0.717, 1.165) is 12.8 Å². The van der Waals surface area contributed by atoms with Crippen LogP contribution in [0.15, 0.2) is 28.8 Å². The highest BCUT2D eigenvalue weighted by molar-refractivity contribution is 5.34. The zero-order valence-electron chi connectivity index (χ0n) is 14.3. The first kappa shape index (κ1) is 17.1. The summed E-state index contributed by atoms with van der Waals surface area (Å²) in [6.45, 7) is 5.69. The molecule has 0 fully saturated rings. The van der Waals surface area contributed by atoms with Crippen molar-refractivity contribution in [3.8, 4) is 0 Å². The minimum atomic E-state index is -0.175. The van der Waals surface area contributed by atoms with Crippen molar-refractivity contribution in [2.45, 2.75) is 45.4 Å². The van der Waals surface area contributed by atoms with Crippen molar-refractivity contribution in [3.05, 3.63) is 47.1 Å². The van der Waals surface area contributed by atoms with Crippen molar-refractivity contribution in [2.75, 3.05) is 19.8 Å². The number of aliphatic hydroxyl groups is 1. The first-order valence-corrected chi connectivity index (χ1v) is 8.59. The molecule has 0 saturated carbocycles. The molecule has 2 unspecified atom stereocenters. The van der Waals surface area contributed by atoms with Gasteiger partial charge in [0.2, 0.25) is 5.89 Å². The highest BCUT2D eigenvalue weighted by Crippen LogP contribution is 2.36. The van der Waals surface area contributed by atoms with Gasteiger partial charge < -0.3 is 14.4 Å². The molecule has 6 nitrogen and oxygen atoms in total. The number of aryl methyl sites for hydroxylation is 1. The number of aromatic nitrogens is 2. The fourth-order valence-electron chi connectivity index (χ4n) is 3.38. The van der Waals surface area contributed by atoms with Crippen molar-refractivity contribution in [3.63, 3.8) is 0 Å². The Morgan fingerprint density at radius 2 is 2.25 bits per heavy atom. The van der Waals surface area contributed by atoms with E-state index in [2.05, 4.69) is 39.3 Å². The molecule has 24 heavy (non-hydrogen) atoms. The van der Waals surface area contributed by atoms with Gasteiger partial charge in [0.05, 0.1) is 13.2 Å². The van der Waals surface area contributed by atoms with Crippen molar-refractivity contribution in [2.24, 2.45) is 0 Å². The molecule has 130 valence electrons. The van der Waals surface area contributed by atoms with Gasteiger partial charge in [-0.05, 0) is 37.8 Å². The molecule has 0 spiro atoms. The Labute approximate surface area is 142 Å². The lowest BCUT2D eigenvalue weighted by Gasteiger charge is -2.27. The molecule has 0 saturated heterocycles. The lowest BCUT2D eigenvalue weighted by molar-refractivity contribution is 0.0683. The Morgan fingerprint density at radius 1 is 1.42 bits per heavy atom. The molecule has 1 aliphatic rings. The van der Waals surface area contributed by atoms with E-state index in [1.807, 2.05) is 13.8 Å². The summed E-state index contributed by atoms with van der Waals surface area (Å²) in [5.74, 6) is 1.14. The quantitative estimate of drug-likeness (QED) is 0.802. The smallest absolute Gasteiger partial charge is 0.240 e. The molecule has 0 amide bonds. The van der Waals surface area contributed by atoms with Gasteiger partial charge in [0, 0.05) is 19.2 Å². The summed E-state index contributed by atoms with van der Waals surface area (Å²) >= 11 is 0. The predicted molar refractivity (Wildman–Crippen MR) is 89.3 cm³/mol. The van der Waals surface area contributed by atoms with Crippen LogP contribution in [0.2, 0.25) is 0 Å². The molecule has 0 bridgehead atoms. The summed E-state index contributed by atoms with van der Waals surface area (Å²) in [5, 5.41) is 13.5. The number of hydrogen-bond donors (Lipinski definition) is 1. The van der Waals surface area contributed by atoms with Gasteiger partial charge in [-0.2, -0.15) is 4.98 Å². The van der Waals surface area contributed by atoms with Crippen molar-refractivity contribution < 1.29 is 14.4 Å². The SMILES string of the molecule is CCOC(C)c1noc(CN(CCO)C2CCc3ccccc32)n1. The lowest BCUT2D eigenvalue weighted by atomic mass is 10.1. The monoisotopic (exact) mass is 331 g/mol. The molecule has 1 aromatic carbocycles. The van der Waals surface area contributed by atoms with Crippen LogP contribution in [-0.4, -0.2) is 39.9 Å². The van der Waals surface area contributed by atoms with Crippen LogP contribution in [0.25, 0.3) is 0 Å². The van der Waals surface area contributed by atoms with E-state index >= 15 is 0 Å². The number of fused-ring (bicyclic) bond motifs is 1. The third kappa shape index (κ3) is 3.66. The normalized spacial score (nSPS) is 18.1. The summed E-state index contributed by atoms with van der Waals surface area (Å²) in [6.07, 6.45) is 1.94. The fraction of sp³-hybridized carbons (Fsp3) is 0.556. The number of aliphatic hydroxyl groups excluding tert-OH is 1. The van der Waals surface area contributed by atoms with Crippen LogP contribution in [-0.2, 0) is 17.7 Å². The summed E-state index contributed by atoms with van der Waals surface area (Å²) in [5.41, 5.74) is 2.73. The summed E-state index contributed by atoms with van der Waals surface area (Å²) in [6, 6.07) is 8.79. The first-order chi connectivity index (χ1) is 11.7. The maximum absolute atomic E-state index is 9.46. The number of nitrogens with zero attached hydrogens (tertiary/aromatic N) is 3. The highest BCUT2D eigenvalue weighted by atomic mass is 16.5. The Morgan fingerprint density at radius 3 is 3.04 bits per heavy atom. The zero-order valence-corrected chi connectivity index (χ0v) is 14.3. The predicted octanol–water partition coefficient (Wildman–Crippen LogP) is 2.65. The van der Waals surface area contributed by atoms with Gasteiger partial charge in [0.1, 0.15) is 6.10 Å². The van der Waals surface area contributed by atoms with Crippen molar-refractivity contribution >= 4 is 0 Å². The van der Waals surface area contributed by atoms with Crippen molar-refractivity contribution in [1.82, 2.24) is 15.0 Å². The molecule has 0 radical (unpaired) electrons. The number of rotatable bonds is 8. The molecular formula is C18H25N3O3. The van der Waals surface area contributed by atoms with E-state index in [0.29, 0.717) is 31.4 Å². The van der Waals surface area contributed by atoms with Crippen LogP contribution in [0, 0.1) is 0 Å². The molecule has 0 aliphatic heterocycles. The molecule has 2 aromatic rings. The maximum atomic E-state index is 9.46. The molecule has 3 rings (SSSR count). The zero-order chi connectivity index (χ0) is 16.9. The second kappa shape index (κ2) is 7.88.